The summed E-state index contributed by atoms with van der Waals surface area (Å²) in [5.41, 5.74) is 1.37. The first-order valence-corrected chi connectivity index (χ1v) is 17.0. The molecule has 1 amide bonds. The highest BCUT2D eigenvalue weighted by atomic mass is 32.2. The maximum absolute atomic E-state index is 15.1. The Balaban J connectivity index is 1.38. The van der Waals surface area contributed by atoms with Gasteiger partial charge in [-0.05, 0) is 84.5 Å². The highest BCUT2D eigenvalue weighted by molar-refractivity contribution is 7.97. The standard InChI is InChI=1S/C33H39N2O3PS/c1-23(31(36)35-29-21-25-19-20-33(29,22-40-35)32(25,2)3)30(24-15-17-26(38-4)18-16-24)34-39(37,27-11-7-5-8-12-27)28-13-9-6-10-14-28/h5-18,23,25,29-30H,19-22H2,1-4H3,(H,34,37)/t23-,25+,29+,30-,33+/m1/s1. The molecular formula is C33H39N2O3PS. The minimum absolute atomic E-state index is 0.121. The van der Waals surface area contributed by atoms with Gasteiger partial charge >= 0.3 is 0 Å². The van der Waals surface area contributed by atoms with Crippen molar-refractivity contribution in [2.75, 3.05) is 12.9 Å². The molecule has 2 bridgehead atoms. The summed E-state index contributed by atoms with van der Waals surface area (Å²) in [5.74, 6) is 2.12. The van der Waals surface area contributed by atoms with Gasteiger partial charge in [0.25, 0.3) is 0 Å². The molecule has 3 fully saturated rings. The maximum atomic E-state index is 15.1. The Kier molecular flexibility index (Phi) is 7.17. The number of hydrogen-bond donors (Lipinski definition) is 1. The summed E-state index contributed by atoms with van der Waals surface area (Å²) in [5, 5.41) is 5.04. The highest BCUT2D eigenvalue weighted by Crippen LogP contribution is 2.71. The summed E-state index contributed by atoms with van der Waals surface area (Å²) in [7, 11) is -1.66. The second-order valence-corrected chi connectivity index (χ2v) is 15.7. The summed E-state index contributed by atoms with van der Waals surface area (Å²) >= 11 is 1.72. The number of carbonyl (C=O) groups excluding carboxylic acids is 1. The van der Waals surface area contributed by atoms with Crippen LogP contribution in [0.15, 0.2) is 84.9 Å². The molecule has 7 heteroatoms. The third-order valence-electron chi connectivity index (χ3n) is 10.3. The second kappa shape index (κ2) is 10.4. The minimum Gasteiger partial charge on any atom is -0.497 e. The van der Waals surface area contributed by atoms with Crippen molar-refractivity contribution >= 4 is 35.8 Å². The van der Waals surface area contributed by atoms with Gasteiger partial charge in [0, 0.05) is 21.8 Å². The molecule has 2 saturated carbocycles. The SMILES string of the molecule is COc1ccc([C@H](NP(=O)(c2ccccc2)c2ccccc2)[C@@H](C)C(=O)N2SC[C@@]34CC[C@@H](C[C@H]23)C4(C)C)cc1. The van der Waals surface area contributed by atoms with Crippen molar-refractivity contribution in [3.8, 4) is 5.75 Å². The van der Waals surface area contributed by atoms with Gasteiger partial charge in [0.15, 0.2) is 0 Å². The molecule has 1 spiro atoms. The number of fused-ring (bicyclic) bond motifs is 1. The number of nitrogens with zero attached hydrogens (tertiary/aromatic N) is 1. The molecule has 1 saturated heterocycles. The van der Waals surface area contributed by atoms with E-state index in [1.165, 1.54) is 12.8 Å². The fourth-order valence-corrected chi connectivity index (χ4v) is 12.0. The summed E-state index contributed by atoms with van der Waals surface area (Å²) in [4.78, 5) is 14.4. The van der Waals surface area contributed by atoms with E-state index in [9.17, 15) is 4.79 Å². The maximum Gasteiger partial charge on any atom is 0.237 e. The molecule has 3 aliphatic rings. The van der Waals surface area contributed by atoms with E-state index in [-0.39, 0.29) is 22.8 Å². The molecule has 0 aromatic heterocycles. The van der Waals surface area contributed by atoms with Gasteiger partial charge in [-0.3, -0.25) is 18.8 Å². The van der Waals surface area contributed by atoms with Crippen LogP contribution in [-0.2, 0) is 9.36 Å². The van der Waals surface area contributed by atoms with Crippen LogP contribution in [0.25, 0.3) is 0 Å². The zero-order chi connectivity index (χ0) is 28.1. The molecule has 40 heavy (non-hydrogen) atoms. The van der Waals surface area contributed by atoms with Crippen LogP contribution in [0.5, 0.6) is 5.75 Å². The molecule has 3 aromatic rings. The quantitative estimate of drug-likeness (QED) is 0.243. The topological polar surface area (TPSA) is 58.6 Å². The average molecular weight is 575 g/mol. The fourth-order valence-electron chi connectivity index (χ4n) is 7.59. The van der Waals surface area contributed by atoms with Crippen molar-refractivity contribution in [3.05, 3.63) is 90.5 Å². The number of amides is 1. The van der Waals surface area contributed by atoms with E-state index in [2.05, 4.69) is 23.2 Å². The third kappa shape index (κ3) is 4.26. The number of benzene rings is 3. The van der Waals surface area contributed by atoms with Crippen LogP contribution in [0.2, 0.25) is 0 Å². The van der Waals surface area contributed by atoms with Crippen LogP contribution in [0.3, 0.4) is 0 Å². The lowest BCUT2D eigenvalue weighted by atomic mass is 9.69. The summed E-state index contributed by atoms with van der Waals surface area (Å²) in [6.45, 7) is 6.83. The lowest BCUT2D eigenvalue weighted by Gasteiger charge is -2.39. The Morgan fingerprint density at radius 3 is 2.15 bits per heavy atom. The van der Waals surface area contributed by atoms with Crippen molar-refractivity contribution in [1.29, 1.82) is 0 Å². The number of carbonyl (C=O) groups is 1. The van der Waals surface area contributed by atoms with E-state index in [1.807, 2.05) is 91.9 Å². The Labute approximate surface area is 242 Å². The van der Waals surface area contributed by atoms with Gasteiger partial charge in [-0.2, -0.15) is 0 Å². The molecule has 210 valence electrons. The Morgan fingerprint density at radius 1 is 1.00 bits per heavy atom. The van der Waals surface area contributed by atoms with Gasteiger partial charge in [0.1, 0.15) is 5.75 Å². The Morgan fingerprint density at radius 2 is 1.60 bits per heavy atom. The van der Waals surface area contributed by atoms with Crippen LogP contribution in [0.4, 0.5) is 0 Å². The predicted octanol–water partition coefficient (Wildman–Crippen LogP) is 6.58. The van der Waals surface area contributed by atoms with Gasteiger partial charge in [-0.1, -0.05) is 69.3 Å². The zero-order valence-corrected chi connectivity index (χ0v) is 25.5. The predicted molar refractivity (Wildman–Crippen MR) is 164 cm³/mol. The van der Waals surface area contributed by atoms with Crippen molar-refractivity contribution < 1.29 is 14.1 Å². The molecule has 2 aliphatic carbocycles. The smallest absolute Gasteiger partial charge is 0.237 e. The molecular weight excluding hydrogens is 535 g/mol. The summed E-state index contributed by atoms with van der Waals surface area (Å²) in [6.07, 6.45) is 3.57. The number of methoxy groups -OCH3 is 1. The molecule has 5 atom stereocenters. The van der Waals surface area contributed by atoms with Gasteiger partial charge in [-0.25, -0.2) is 0 Å². The summed E-state index contributed by atoms with van der Waals surface area (Å²) < 4.78 is 22.6. The van der Waals surface area contributed by atoms with Gasteiger partial charge in [0.05, 0.1) is 25.1 Å². The lowest BCUT2D eigenvalue weighted by Crippen LogP contribution is -2.46. The lowest BCUT2D eigenvalue weighted by molar-refractivity contribution is -0.133. The van der Waals surface area contributed by atoms with Crippen molar-refractivity contribution in [2.24, 2.45) is 22.7 Å². The van der Waals surface area contributed by atoms with Gasteiger partial charge in [-0.15, -0.1) is 0 Å². The van der Waals surface area contributed by atoms with Crippen LogP contribution >= 0.6 is 19.2 Å². The van der Waals surface area contributed by atoms with Crippen molar-refractivity contribution in [1.82, 2.24) is 9.39 Å². The zero-order valence-electron chi connectivity index (χ0n) is 23.7. The van der Waals surface area contributed by atoms with Crippen LogP contribution in [-0.4, -0.2) is 29.1 Å². The van der Waals surface area contributed by atoms with E-state index in [1.54, 1.807) is 19.1 Å². The Hall–Kier alpha value is -2.53. The van der Waals surface area contributed by atoms with E-state index < -0.39 is 19.3 Å². The van der Waals surface area contributed by atoms with Crippen LogP contribution < -0.4 is 20.4 Å². The number of ether oxygens (including phenoxy) is 1. The molecule has 0 unspecified atom stereocenters. The van der Waals surface area contributed by atoms with E-state index in [0.717, 1.165) is 34.1 Å². The fraction of sp³-hybridized carbons (Fsp3) is 0.424. The average Bonchev–Trinajstić information content (AvgIpc) is 3.58. The second-order valence-electron chi connectivity index (χ2n) is 12.3. The number of hydrogen-bond acceptors (Lipinski definition) is 4. The largest absolute Gasteiger partial charge is 0.497 e. The summed E-state index contributed by atoms with van der Waals surface area (Å²) in [6, 6.07) is 26.8. The van der Waals surface area contributed by atoms with E-state index in [0.29, 0.717) is 5.92 Å². The monoisotopic (exact) mass is 574 g/mol. The van der Waals surface area contributed by atoms with Crippen molar-refractivity contribution in [3.63, 3.8) is 0 Å². The number of rotatable bonds is 8. The molecule has 5 nitrogen and oxygen atoms in total. The van der Waals surface area contributed by atoms with Gasteiger partial charge < -0.3 is 4.74 Å². The normalized spacial score (nSPS) is 26.4. The van der Waals surface area contributed by atoms with Crippen LogP contribution in [0.1, 0.15) is 51.6 Å². The molecule has 6 rings (SSSR count). The Bertz CT molecular complexity index is 1370. The third-order valence-corrected chi connectivity index (χ3v) is 14.3. The van der Waals surface area contributed by atoms with E-state index >= 15 is 4.57 Å². The van der Waals surface area contributed by atoms with Gasteiger partial charge in [0.2, 0.25) is 13.2 Å². The van der Waals surface area contributed by atoms with Crippen molar-refractivity contribution in [2.45, 2.75) is 52.1 Å². The highest BCUT2D eigenvalue weighted by Gasteiger charge is 2.68. The minimum atomic E-state index is -3.30. The first kappa shape index (κ1) is 27.6. The van der Waals surface area contributed by atoms with Crippen LogP contribution in [0, 0.1) is 22.7 Å². The first-order valence-electron chi connectivity index (χ1n) is 14.3. The molecule has 1 aliphatic heterocycles. The molecule has 1 heterocycles. The first-order chi connectivity index (χ1) is 19.2. The van der Waals surface area contributed by atoms with E-state index in [4.69, 9.17) is 4.74 Å². The number of nitrogens with one attached hydrogen (secondary N) is 1. The molecule has 1 N–H and O–H groups in total. The molecule has 0 radical (unpaired) electrons. The molecule has 3 aromatic carbocycles.